The van der Waals surface area contributed by atoms with Gasteiger partial charge in [0.25, 0.3) is 0 Å². The molecule has 0 amide bonds. The van der Waals surface area contributed by atoms with E-state index in [1.54, 1.807) is 12.3 Å². The van der Waals surface area contributed by atoms with E-state index >= 15 is 4.39 Å². The van der Waals surface area contributed by atoms with Gasteiger partial charge in [-0.25, -0.2) is 9.07 Å². The maximum Gasteiger partial charge on any atom is 0.166 e. The Morgan fingerprint density at radius 3 is 2.53 bits per heavy atom. The molecule has 4 heterocycles. The minimum atomic E-state index is -0.743. The summed E-state index contributed by atoms with van der Waals surface area (Å²) in [7, 11) is 0. The maximum atomic E-state index is 15.1. The van der Waals surface area contributed by atoms with Gasteiger partial charge in [0.05, 0.1) is 55.8 Å². The number of fused-ring (bicyclic) bond motifs is 1. The summed E-state index contributed by atoms with van der Waals surface area (Å²) < 4.78 is 17.1. The largest absolute Gasteiger partial charge is 0.373 e. The Morgan fingerprint density at radius 1 is 1.06 bits per heavy atom. The van der Waals surface area contributed by atoms with E-state index in [-0.39, 0.29) is 32.9 Å². The fourth-order valence-corrected chi connectivity index (χ4v) is 6.58. The zero-order valence-corrected chi connectivity index (χ0v) is 28.6. The zero-order chi connectivity index (χ0) is 33.5. The highest BCUT2D eigenvalue weighted by molar-refractivity contribution is 6.42. The zero-order valence-electron chi connectivity index (χ0n) is 26.3. The fraction of sp³-hybridized carbons (Fsp3) is 0.324. The predicted molar refractivity (Wildman–Crippen MR) is 185 cm³/mol. The standard InChI is InChI=1S/C34H33Cl3FN9/c1-19-23(6-5-11-40-19)33(28-18-47(45-44-28)22-9-12-46(13-10-22)34(2,3)4)42-21-14-24-31(20(16-39)17-41-32(24)26(36)15-21)43-27-8-7-25(35)29(37)30(27)38/h5-8,11,14-15,17-18,22,33,42H,9-10,12-13H2,1-4H3,(H,41,43)/t33-/m0/s1. The Bertz CT molecular complexity index is 1990. The molecule has 0 unspecified atom stereocenters. The number of benzene rings is 2. The van der Waals surface area contributed by atoms with Crippen molar-refractivity contribution in [3.63, 3.8) is 0 Å². The second kappa shape index (κ2) is 13.2. The van der Waals surface area contributed by atoms with Gasteiger partial charge in [0.2, 0.25) is 0 Å². The highest BCUT2D eigenvalue weighted by Crippen LogP contribution is 2.39. The molecule has 1 aliphatic rings. The van der Waals surface area contributed by atoms with E-state index in [1.807, 2.05) is 36.0 Å². The van der Waals surface area contributed by atoms with E-state index in [2.05, 4.69) is 62.7 Å². The molecule has 1 atom stereocenters. The number of pyridine rings is 2. The lowest BCUT2D eigenvalue weighted by atomic mass is 9.98. The van der Waals surface area contributed by atoms with Gasteiger partial charge in [-0.2, -0.15) is 5.26 Å². The number of nitrogens with zero attached hydrogens (tertiary/aromatic N) is 7. The smallest absolute Gasteiger partial charge is 0.166 e. The molecule has 0 radical (unpaired) electrons. The van der Waals surface area contributed by atoms with Crippen LogP contribution in [0.25, 0.3) is 10.9 Å². The first-order valence-electron chi connectivity index (χ1n) is 15.2. The normalized spacial score (nSPS) is 15.0. The lowest BCUT2D eigenvalue weighted by Gasteiger charge is -2.40. The summed E-state index contributed by atoms with van der Waals surface area (Å²) in [5, 5.41) is 26.5. The van der Waals surface area contributed by atoms with Crippen LogP contribution in [0.1, 0.15) is 68.2 Å². The van der Waals surface area contributed by atoms with Gasteiger partial charge in [-0.1, -0.05) is 46.1 Å². The molecule has 13 heteroatoms. The number of aryl methyl sites for hydroxylation is 1. The molecule has 0 saturated carbocycles. The average Bonchev–Trinajstić information content (AvgIpc) is 3.54. The Balaban J connectivity index is 1.38. The quantitative estimate of drug-likeness (QED) is 0.163. The van der Waals surface area contributed by atoms with Crippen molar-refractivity contribution in [2.75, 3.05) is 23.7 Å². The third-order valence-electron chi connectivity index (χ3n) is 8.62. The van der Waals surface area contributed by atoms with Crippen LogP contribution in [0.5, 0.6) is 0 Å². The summed E-state index contributed by atoms with van der Waals surface area (Å²) in [6.07, 6.45) is 7.10. The van der Waals surface area contributed by atoms with E-state index in [9.17, 15) is 5.26 Å². The molecule has 0 bridgehead atoms. The number of anilines is 3. The number of halogens is 4. The summed E-state index contributed by atoms with van der Waals surface area (Å²) in [4.78, 5) is 11.5. The summed E-state index contributed by atoms with van der Waals surface area (Å²) in [6, 6.07) is 12.3. The van der Waals surface area contributed by atoms with Crippen LogP contribution >= 0.6 is 34.8 Å². The third-order valence-corrected chi connectivity index (χ3v) is 9.69. The Morgan fingerprint density at radius 2 is 1.83 bits per heavy atom. The predicted octanol–water partition coefficient (Wildman–Crippen LogP) is 8.88. The van der Waals surface area contributed by atoms with E-state index in [1.165, 1.54) is 18.3 Å². The highest BCUT2D eigenvalue weighted by atomic mass is 35.5. The van der Waals surface area contributed by atoms with Crippen LogP contribution in [0.15, 0.2) is 55.0 Å². The lowest BCUT2D eigenvalue weighted by molar-refractivity contribution is 0.0866. The molecule has 242 valence electrons. The van der Waals surface area contributed by atoms with Crippen LogP contribution < -0.4 is 10.6 Å². The van der Waals surface area contributed by atoms with Crippen LogP contribution in [0, 0.1) is 24.1 Å². The summed E-state index contributed by atoms with van der Waals surface area (Å²) in [5.74, 6) is -0.743. The van der Waals surface area contributed by atoms with Crippen LogP contribution in [0.3, 0.4) is 0 Å². The number of piperidine rings is 1. The van der Waals surface area contributed by atoms with Gasteiger partial charge < -0.3 is 10.6 Å². The van der Waals surface area contributed by atoms with Gasteiger partial charge in [0.1, 0.15) is 11.8 Å². The SMILES string of the molecule is Cc1ncccc1[C@H](Nc1cc(Cl)c2ncc(C#N)c(Nc3ccc(Cl)c(Cl)c3F)c2c1)c1cn(C2CCN(C(C)(C)C)CC2)nn1. The van der Waals surface area contributed by atoms with Gasteiger partial charge in [0, 0.05) is 53.4 Å². The van der Waals surface area contributed by atoms with E-state index < -0.39 is 11.9 Å². The first-order chi connectivity index (χ1) is 22.4. The monoisotopic (exact) mass is 691 g/mol. The summed E-state index contributed by atoms with van der Waals surface area (Å²) in [6.45, 7) is 10.7. The topological polar surface area (TPSA) is 108 Å². The van der Waals surface area contributed by atoms with Crippen LogP contribution in [-0.2, 0) is 0 Å². The van der Waals surface area contributed by atoms with Crippen molar-refractivity contribution >= 4 is 62.8 Å². The molecule has 0 aliphatic carbocycles. The number of hydrogen-bond acceptors (Lipinski definition) is 8. The van der Waals surface area contributed by atoms with Crippen molar-refractivity contribution in [3.8, 4) is 6.07 Å². The van der Waals surface area contributed by atoms with Gasteiger partial charge >= 0.3 is 0 Å². The van der Waals surface area contributed by atoms with Gasteiger partial charge in [-0.3, -0.25) is 14.9 Å². The molecule has 1 saturated heterocycles. The molecule has 47 heavy (non-hydrogen) atoms. The molecular formula is C34H33Cl3FN9. The Labute approximate surface area is 287 Å². The van der Waals surface area contributed by atoms with Crippen molar-refractivity contribution < 1.29 is 4.39 Å². The summed E-state index contributed by atoms with van der Waals surface area (Å²) >= 11 is 18.9. The van der Waals surface area contributed by atoms with Crippen molar-refractivity contribution in [2.45, 2.75) is 58.2 Å². The number of rotatable bonds is 7. The molecule has 5 aromatic rings. The number of likely N-dealkylation sites (tertiary alicyclic amines) is 1. The molecule has 2 aromatic carbocycles. The van der Waals surface area contributed by atoms with Gasteiger partial charge in [0.15, 0.2) is 5.82 Å². The van der Waals surface area contributed by atoms with Crippen LogP contribution in [0.4, 0.5) is 21.5 Å². The molecule has 1 aliphatic heterocycles. The van der Waals surface area contributed by atoms with Crippen LogP contribution in [-0.4, -0.2) is 48.5 Å². The fourth-order valence-electron chi connectivity index (χ4n) is 6.00. The molecule has 6 rings (SSSR count). The molecule has 2 N–H and O–H groups in total. The molecule has 0 spiro atoms. The third kappa shape index (κ3) is 6.72. The first kappa shape index (κ1) is 32.9. The van der Waals surface area contributed by atoms with E-state index in [0.29, 0.717) is 27.3 Å². The number of hydrogen-bond donors (Lipinski definition) is 2. The van der Waals surface area contributed by atoms with Crippen molar-refractivity contribution in [1.82, 2.24) is 29.9 Å². The Kier molecular flexibility index (Phi) is 9.27. The average molecular weight is 693 g/mol. The highest BCUT2D eigenvalue weighted by Gasteiger charge is 2.29. The van der Waals surface area contributed by atoms with Crippen molar-refractivity contribution in [1.29, 1.82) is 5.26 Å². The van der Waals surface area contributed by atoms with Gasteiger partial charge in [-0.05, 0) is 70.9 Å². The van der Waals surface area contributed by atoms with Crippen LogP contribution in [0.2, 0.25) is 15.1 Å². The second-order valence-electron chi connectivity index (χ2n) is 12.6. The minimum Gasteiger partial charge on any atom is -0.373 e. The number of aromatic nitrogens is 5. The molecule has 1 fully saturated rings. The Hall–Kier alpha value is -4.01. The van der Waals surface area contributed by atoms with E-state index in [0.717, 1.165) is 42.9 Å². The second-order valence-corrected chi connectivity index (χ2v) is 13.8. The minimum absolute atomic E-state index is 0.0479. The molecule has 9 nitrogen and oxygen atoms in total. The number of nitrogens with one attached hydrogen (secondary N) is 2. The van der Waals surface area contributed by atoms with Crippen molar-refractivity contribution in [2.24, 2.45) is 0 Å². The van der Waals surface area contributed by atoms with Crippen molar-refractivity contribution in [3.05, 3.63) is 98.4 Å². The summed E-state index contributed by atoms with van der Waals surface area (Å²) in [5.41, 5.74) is 4.20. The first-order valence-corrected chi connectivity index (χ1v) is 16.4. The number of nitriles is 1. The molecule has 3 aromatic heterocycles. The maximum absolute atomic E-state index is 15.1. The van der Waals surface area contributed by atoms with E-state index in [4.69, 9.17) is 34.8 Å². The lowest BCUT2D eigenvalue weighted by Crippen LogP contribution is -2.46. The van der Waals surface area contributed by atoms with Gasteiger partial charge in [-0.15, -0.1) is 5.10 Å². The molecular weight excluding hydrogens is 660 g/mol.